The molecule has 5 nitrogen and oxygen atoms in total. The summed E-state index contributed by atoms with van der Waals surface area (Å²) in [4.78, 5) is 24.1. The highest BCUT2D eigenvalue weighted by molar-refractivity contribution is 5.87. The molecule has 0 unspecified atom stereocenters. The number of para-hydroxylation sites is 1. The first kappa shape index (κ1) is 15.0. The molecule has 1 heterocycles. The molecular formula is C16H18N2O3. The monoisotopic (exact) mass is 286 g/mol. The Labute approximate surface area is 123 Å². The van der Waals surface area contributed by atoms with Crippen LogP contribution in [0.1, 0.15) is 35.5 Å². The predicted molar refractivity (Wildman–Crippen MR) is 79.9 cm³/mol. The Morgan fingerprint density at radius 3 is 2.62 bits per heavy atom. The third-order valence-corrected chi connectivity index (χ3v) is 3.20. The highest BCUT2D eigenvalue weighted by Gasteiger charge is 2.18. The predicted octanol–water partition coefficient (Wildman–Crippen LogP) is 2.28. The second kappa shape index (κ2) is 6.35. The summed E-state index contributed by atoms with van der Waals surface area (Å²) in [6.45, 7) is 5.72. The van der Waals surface area contributed by atoms with Gasteiger partial charge in [-0.15, -0.1) is 0 Å². The zero-order valence-corrected chi connectivity index (χ0v) is 12.4. The maximum atomic E-state index is 12.2. The van der Waals surface area contributed by atoms with E-state index in [-0.39, 0.29) is 17.7 Å². The first-order chi connectivity index (χ1) is 10.1. The third kappa shape index (κ3) is 3.02. The average molecular weight is 286 g/mol. The number of carbonyl (C=O) groups is 1. The molecule has 5 heteroatoms. The van der Waals surface area contributed by atoms with Gasteiger partial charge in [0.1, 0.15) is 0 Å². The third-order valence-electron chi connectivity index (χ3n) is 3.20. The normalized spacial score (nSPS) is 10.4. The fraction of sp³-hybridized carbons (Fsp3) is 0.312. The number of nitrogens with zero attached hydrogens (tertiary/aromatic N) is 2. The molecule has 0 radical (unpaired) electrons. The largest absolute Gasteiger partial charge is 0.461 e. The van der Waals surface area contributed by atoms with Crippen LogP contribution in [-0.2, 0) is 11.2 Å². The number of ether oxygens (including phenoxy) is 1. The van der Waals surface area contributed by atoms with Crippen LogP contribution < -0.4 is 5.43 Å². The number of aryl methyl sites for hydroxylation is 2. The molecule has 0 aliphatic rings. The van der Waals surface area contributed by atoms with Crippen LogP contribution in [0, 0.1) is 6.92 Å². The van der Waals surface area contributed by atoms with E-state index in [4.69, 9.17) is 4.74 Å². The van der Waals surface area contributed by atoms with Gasteiger partial charge in [-0.1, -0.05) is 25.1 Å². The number of aromatic nitrogens is 2. The molecule has 0 aliphatic carbocycles. The summed E-state index contributed by atoms with van der Waals surface area (Å²) < 4.78 is 6.49. The summed E-state index contributed by atoms with van der Waals surface area (Å²) >= 11 is 0. The molecule has 1 aromatic carbocycles. The first-order valence-electron chi connectivity index (χ1n) is 6.94. The molecule has 110 valence electrons. The molecule has 2 rings (SSSR count). The van der Waals surface area contributed by atoms with E-state index in [1.807, 2.05) is 38.1 Å². The van der Waals surface area contributed by atoms with Crippen LogP contribution in [0.3, 0.4) is 0 Å². The van der Waals surface area contributed by atoms with Gasteiger partial charge in [0.2, 0.25) is 11.1 Å². The standard InChI is InChI=1S/C16H18N2O3/c1-4-12-10-18(13-9-7-6-8-11(13)3)17-14(15(12)19)16(20)21-5-2/h6-10H,4-5H2,1-3H3. The van der Waals surface area contributed by atoms with Crippen molar-refractivity contribution in [2.24, 2.45) is 0 Å². The summed E-state index contributed by atoms with van der Waals surface area (Å²) in [5.74, 6) is -0.680. The van der Waals surface area contributed by atoms with Crippen molar-refractivity contribution in [3.05, 3.63) is 57.5 Å². The summed E-state index contributed by atoms with van der Waals surface area (Å²) in [7, 11) is 0. The van der Waals surface area contributed by atoms with Gasteiger partial charge in [-0.2, -0.15) is 5.10 Å². The maximum Gasteiger partial charge on any atom is 0.362 e. The molecule has 0 amide bonds. The Hall–Kier alpha value is -2.43. The lowest BCUT2D eigenvalue weighted by Gasteiger charge is -2.11. The zero-order chi connectivity index (χ0) is 15.4. The highest BCUT2D eigenvalue weighted by Crippen LogP contribution is 2.12. The highest BCUT2D eigenvalue weighted by atomic mass is 16.5. The Bertz CT molecular complexity index is 720. The van der Waals surface area contributed by atoms with Crippen LogP contribution >= 0.6 is 0 Å². The smallest absolute Gasteiger partial charge is 0.362 e. The molecule has 0 atom stereocenters. The number of benzene rings is 1. The van der Waals surface area contributed by atoms with E-state index in [2.05, 4.69) is 5.10 Å². The zero-order valence-electron chi connectivity index (χ0n) is 12.4. The van der Waals surface area contributed by atoms with Gasteiger partial charge in [-0.05, 0) is 31.9 Å². The number of hydrogen-bond acceptors (Lipinski definition) is 4. The molecule has 0 bridgehead atoms. The molecule has 0 fully saturated rings. The topological polar surface area (TPSA) is 61.2 Å². The van der Waals surface area contributed by atoms with Crippen molar-refractivity contribution in [3.8, 4) is 5.69 Å². The summed E-state index contributed by atoms with van der Waals surface area (Å²) in [6, 6.07) is 7.65. The van der Waals surface area contributed by atoms with E-state index in [0.717, 1.165) is 11.3 Å². The van der Waals surface area contributed by atoms with Crippen LogP contribution in [0.25, 0.3) is 5.69 Å². The van der Waals surface area contributed by atoms with Crippen molar-refractivity contribution in [1.82, 2.24) is 9.78 Å². The van der Waals surface area contributed by atoms with Gasteiger partial charge >= 0.3 is 5.97 Å². The van der Waals surface area contributed by atoms with Crippen molar-refractivity contribution >= 4 is 5.97 Å². The van der Waals surface area contributed by atoms with Crippen molar-refractivity contribution in [2.45, 2.75) is 27.2 Å². The van der Waals surface area contributed by atoms with Gasteiger partial charge in [-0.3, -0.25) is 4.79 Å². The van der Waals surface area contributed by atoms with Crippen molar-refractivity contribution in [3.63, 3.8) is 0 Å². The van der Waals surface area contributed by atoms with Crippen LogP contribution in [0.5, 0.6) is 0 Å². The molecule has 2 aromatic rings. The minimum Gasteiger partial charge on any atom is -0.461 e. The van der Waals surface area contributed by atoms with E-state index in [0.29, 0.717) is 12.0 Å². The average Bonchev–Trinajstić information content (AvgIpc) is 2.48. The lowest BCUT2D eigenvalue weighted by molar-refractivity contribution is 0.0515. The molecule has 0 aliphatic heterocycles. The minimum absolute atomic E-state index is 0.167. The fourth-order valence-electron chi connectivity index (χ4n) is 2.07. The Morgan fingerprint density at radius 2 is 2.00 bits per heavy atom. The second-order valence-corrected chi connectivity index (χ2v) is 4.64. The molecular weight excluding hydrogens is 268 g/mol. The van der Waals surface area contributed by atoms with Gasteiger partial charge in [0.25, 0.3) is 0 Å². The number of carbonyl (C=O) groups excluding carboxylic acids is 1. The van der Waals surface area contributed by atoms with E-state index in [1.54, 1.807) is 17.8 Å². The molecule has 0 saturated carbocycles. The van der Waals surface area contributed by atoms with E-state index < -0.39 is 5.97 Å². The van der Waals surface area contributed by atoms with Crippen molar-refractivity contribution in [2.75, 3.05) is 6.61 Å². The summed E-state index contributed by atoms with van der Waals surface area (Å²) in [6.07, 6.45) is 2.20. The SMILES string of the molecule is CCOC(=O)c1nn(-c2ccccc2C)cc(CC)c1=O. The van der Waals surface area contributed by atoms with E-state index in [1.165, 1.54) is 0 Å². The van der Waals surface area contributed by atoms with Gasteiger partial charge in [0.15, 0.2) is 0 Å². The molecule has 21 heavy (non-hydrogen) atoms. The van der Waals surface area contributed by atoms with Crippen LogP contribution in [0.4, 0.5) is 0 Å². The second-order valence-electron chi connectivity index (χ2n) is 4.64. The van der Waals surface area contributed by atoms with Crippen molar-refractivity contribution < 1.29 is 9.53 Å². The molecule has 0 N–H and O–H groups in total. The van der Waals surface area contributed by atoms with Crippen molar-refractivity contribution in [1.29, 1.82) is 0 Å². The minimum atomic E-state index is -0.680. The van der Waals surface area contributed by atoms with Gasteiger partial charge in [-0.25, -0.2) is 9.48 Å². The summed E-state index contributed by atoms with van der Waals surface area (Å²) in [5.41, 5.74) is 1.85. The molecule has 1 aromatic heterocycles. The lowest BCUT2D eigenvalue weighted by atomic mass is 10.1. The quantitative estimate of drug-likeness (QED) is 0.809. The Balaban J connectivity index is 2.64. The number of esters is 1. The van der Waals surface area contributed by atoms with E-state index in [9.17, 15) is 9.59 Å². The van der Waals surface area contributed by atoms with Crippen LogP contribution in [-0.4, -0.2) is 22.4 Å². The van der Waals surface area contributed by atoms with E-state index >= 15 is 0 Å². The Kier molecular flexibility index (Phi) is 4.52. The molecule has 0 spiro atoms. The first-order valence-corrected chi connectivity index (χ1v) is 6.94. The maximum absolute atomic E-state index is 12.2. The fourth-order valence-corrected chi connectivity index (χ4v) is 2.07. The van der Waals surface area contributed by atoms with Crippen LogP contribution in [0.15, 0.2) is 35.3 Å². The molecule has 0 saturated heterocycles. The van der Waals surface area contributed by atoms with Gasteiger partial charge < -0.3 is 4.74 Å². The van der Waals surface area contributed by atoms with Gasteiger partial charge in [0, 0.05) is 11.8 Å². The lowest BCUT2D eigenvalue weighted by Crippen LogP contribution is -2.26. The van der Waals surface area contributed by atoms with Gasteiger partial charge in [0.05, 0.1) is 12.3 Å². The summed E-state index contributed by atoms with van der Waals surface area (Å²) in [5, 5.41) is 4.16. The number of rotatable bonds is 4. The van der Waals surface area contributed by atoms with Crippen LogP contribution in [0.2, 0.25) is 0 Å². The Morgan fingerprint density at radius 1 is 1.29 bits per heavy atom. The number of hydrogen-bond donors (Lipinski definition) is 0.